The van der Waals surface area contributed by atoms with Crippen molar-refractivity contribution in [2.45, 2.75) is 0 Å². The van der Waals surface area contributed by atoms with Crippen molar-refractivity contribution in [2.75, 3.05) is 0 Å². The predicted octanol–water partition coefficient (Wildman–Crippen LogP) is 9.63. The molecule has 0 aliphatic carbocycles. The van der Waals surface area contributed by atoms with Gasteiger partial charge in [0.05, 0.1) is 22.4 Å². The van der Waals surface area contributed by atoms with Crippen molar-refractivity contribution in [3.8, 4) is 28.3 Å². The van der Waals surface area contributed by atoms with Crippen LogP contribution in [0.3, 0.4) is 0 Å². The van der Waals surface area contributed by atoms with E-state index in [1.165, 1.54) is 12.1 Å². The van der Waals surface area contributed by atoms with Crippen LogP contribution in [0.25, 0.3) is 72.3 Å². The molecule has 9 rings (SSSR count). The minimum atomic E-state index is -0.334. The van der Waals surface area contributed by atoms with Gasteiger partial charge in [0.15, 0.2) is 5.65 Å². The molecule has 1 radical (unpaired) electrons. The van der Waals surface area contributed by atoms with Crippen LogP contribution in [-0.4, -0.2) is 19.5 Å². The largest absolute Gasteiger partial charge is 0.500 e. The Balaban J connectivity index is 0.000000220. The van der Waals surface area contributed by atoms with Gasteiger partial charge in [-0.25, -0.2) is 9.37 Å². The van der Waals surface area contributed by atoms with E-state index in [4.69, 9.17) is 14.4 Å². The van der Waals surface area contributed by atoms with Gasteiger partial charge in [0.2, 0.25) is 0 Å². The van der Waals surface area contributed by atoms with Gasteiger partial charge in [-0.05, 0) is 48.2 Å². The third kappa shape index (κ3) is 5.36. The first-order valence-corrected chi connectivity index (χ1v) is 14.5. The molecule has 5 aromatic carbocycles. The van der Waals surface area contributed by atoms with Crippen molar-refractivity contribution >= 4 is 44.0 Å². The fourth-order valence-electron chi connectivity index (χ4n) is 5.55. The summed E-state index contributed by atoms with van der Waals surface area (Å²) in [5.74, 6) is 0.337. The first-order valence-electron chi connectivity index (χ1n) is 14.5. The molecule has 0 aliphatic rings. The summed E-state index contributed by atoms with van der Waals surface area (Å²) in [7, 11) is 0. The van der Waals surface area contributed by atoms with Crippen molar-refractivity contribution in [3.05, 3.63) is 158 Å². The fourth-order valence-corrected chi connectivity index (χ4v) is 5.55. The smallest absolute Gasteiger partial charge is 0.156 e. The van der Waals surface area contributed by atoms with E-state index in [0.717, 1.165) is 49.8 Å². The van der Waals surface area contributed by atoms with Gasteiger partial charge in [0.25, 0.3) is 0 Å². The van der Waals surface area contributed by atoms with Gasteiger partial charge in [-0.2, -0.15) is 0 Å². The molecule has 0 unspecified atom stereocenters. The molecule has 4 heterocycles. The molecular weight excluding hydrogens is 752 g/mol. The zero-order valence-corrected chi connectivity index (χ0v) is 26.6. The number of hydrogen-bond acceptors (Lipinski definition) is 4. The van der Waals surface area contributed by atoms with Gasteiger partial charge < -0.3 is 14.0 Å². The zero-order chi connectivity index (χ0) is 30.2. The average Bonchev–Trinajstić information content (AvgIpc) is 3.66. The van der Waals surface area contributed by atoms with E-state index in [-0.39, 0.29) is 25.9 Å². The molecule has 0 saturated carbocycles. The first kappa shape index (κ1) is 29.2. The third-order valence-corrected chi connectivity index (χ3v) is 7.62. The maximum Gasteiger partial charge on any atom is 0.156 e. The Morgan fingerprint density at radius 1 is 0.674 bits per heavy atom. The van der Waals surface area contributed by atoms with Crippen LogP contribution in [0.2, 0.25) is 0 Å². The number of imidazole rings is 1. The molecule has 5 nitrogen and oxygen atoms in total. The number of benzene rings is 5. The van der Waals surface area contributed by atoms with Gasteiger partial charge in [-0.3, -0.25) is 4.98 Å². The Bertz CT molecular complexity index is 2410. The SMILES string of the molecule is Fc1ccc2c(c1)oc1c(-c3nc4cc5ccccc5nc4n3-c3ccccc3)[c-]ccc12.[Ir].[c-]1ccccc1-c1ccccn1. The summed E-state index contributed by atoms with van der Waals surface area (Å²) >= 11 is 0. The number of pyridine rings is 2. The van der Waals surface area contributed by atoms with E-state index in [2.05, 4.69) is 23.2 Å². The standard InChI is InChI=1S/C28H15FN3O.C11H8N.Ir/c29-18-13-14-20-21-10-6-11-22(26(21)33-25(20)16-18)27-31-24-15-17-7-4-5-12-23(17)30-28(24)32(27)19-8-2-1-3-9-19;1-2-6-10(7-3-1)11-8-4-5-9-12-11;/h1-10,12-16H;1-6,8-9H;/q2*-1;. The summed E-state index contributed by atoms with van der Waals surface area (Å²) < 4.78 is 22.0. The number of furan rings is 1. The number of para-hydroxylation sites is 2. The number of hydrogen-bond donors (Lipinski definition) is 0. The first-order chi connectivity index (χ1) is 22.2. The van der Waals surface area contributed by atoms with Crippen LogP contribution in [0, 0.1) is 17.9 Å². The van der Waals surface area contributed by atoms with Crippen LogP contribution in [0.1, 0.15) is 0 Å². The van der Waals surface area contributed by atoms with Crippen LogP contribution < -0.4 is 0 Å². The summed E-state index contributed by atoms with van der Waals surface area (Å²) in [6.07, 6.45) is 1.79. The molecule has 0 fully saturated rings. The average molecular weight is 775 g/mol. The van der Waals surface area contributed by atoms with Crippen molar-refractivity contribution in [1.29, 1.82) is 0 Å². The molecule has 0 bridgehead atoms. The van der Waals surface area contributed by atoms with Crippen molar-refractivity contribution in [3.63, 3.8) is 0 Å². The van der Waals surface area contributed by atoms with Crippen LogP contribution in [0.15, 0.2) is 144 Å². The van der Waals surface area contributed by atoms with Gasteiger partial charge in [-0.15, -0.1) is 54.1 Å². The van der Waals surface area contributed by atoms with Crippen LogP contribution in [0.5, 0.6) is 0 Å². The summed E-state index contributed by atoms with van der Waals surface area (Å²) in [5, 5.41) is 2.77. The molecule has 46 heavy (non-hydrogen) atoms. The van der Waals surface area contributed by atoms with E-state index in [9.17, 15) is 4.39 Å². The van der Waals surface area contributed by atoms with E-state index in [1.807, 2.05) is 114 Å². The molecule has 9 aromatic rings. The zero-order valence-electron chi connectivity index (χ0n) is 24.2. The van der Waals surface area contributed by atoms with E-state index < -0.39 is 0 Å². The number of rotatable bonds is 3. The van der Waals surface area contributed by atoms with Crippen molar-refractivity contribution in [2.24, 2.45) is 0 Å². The predicted molar refractivity (Wildman–Crippen MR) is 176 cm³/mol. The second-order valence-corrected chi connectivity index (χ2v) is 10.5. The molecular formula is C39H23FIrN4O-2. The molecule has 0 atom stereocenters. The molecule has 0 amide bonds. The molecule has 223 valence electrons. The van der Waals surface area contributed by atoms with Crippen molar-refractivity contribution < 1.29 is 28.9 Å². The Labute approximate surface area is 277 Å². The molecule has 0 spiro atoms. The molecule has 4 aromatic heterocycles. The molecule has 0 N–H and O–H groups in total. The Morgan fingerprint density at radius 2 is 1.50 bits per heavy atom. The molecule has 7 heteroatoms. The number of aromatic nitrogens is 4. The molecule has 0 saturated heterocycles. The van der Waals surface area contributed by atoms with Crippen LogP contribution >= 0.6 is 0 Å². The van der Waals surface area contributed by atoms with Crippen LogP contribution in [-0.2, 0) is 20.1 Å². The maximum absolute atomic E-state index is 13.9. The summed E-state index contributed by atoms with van der Waals surface area (Å²) in [6.45, 7) is 0. The fraction of sp³-hybridized carbons (Fsp3) is 0. The van der Waals surface area contributed by atoms with Crippen LogP contribution in [0.4, 0.5) is 4.39 Å². The molecule has 0 aliphatic heterocycles. The quantitative estimate of drug-likeness (QED) is 0.168. The third-order valence-electron chi connectivity index (χ3n) is 7.62. The van der Waals surface area contributed by atoms with Gasteiger partial charge in [0.1, 0.15) is 11.4 Å². The number of halogens is 1. The van der Waals surface area contributed by atoms with Gasteiger partial charge >= 0.3 is 0 Å². The summed E-state index contributed by atoms with van der Waals surface area (Å²) in [5.41, 5.74) is 7.20. The van der Waals surface area contributed by atoms with Gasteiger partial charge in [-0.1, -0.05) is 59.5 Å². The minimum Gasteiger partial charge on any atom is -0.500 e. The van der Waals surface area contributed by atoms with E-state index in [1.54, 1.807) is 12.3 Å². The Morgan fingerprint density at radius 3 is 2.33 bits per heavy atom. The Hall–Kier alpha value is -5.49. The topological polar surface area (TPSA) is 56.7 Å². The minimum absolute atomic E-state index is 0. The van der Waals surface area contributed by atoms with Crippen molar-refractivity contribution in [1.82, 2.24) is 19.5 Å². The monoisotopic (exact) mass is 775 g/mol. The second-order valence-electron chi connectivity index (χ2n) is 10.5. The second kappa shape index (κ2) is 12.5. The van der Waals surface area contributed by atoms with Gasteiger partial charge in [0, 0.05) is 48.8 Å². The van der Waals surface area contributed by atoms with E-state index in [0.29, 0.717) is 22.6 Å². The summed E-state index contributed by atoms with van der Waals surface area (Å²) in [4.78, 5) is 14.1. The number of nitrogens with zero attached hydrogens (tertiary/aromatic N) is 4. The normalized spacial score (nSPS) is 11.0. The Kier molecular flexibility index (Phi) is 7.93. The maximum atomic E-state index is 13.9. The van der Waals surface area contributed by atoms with E-state index >= 15 is 0 Å². The summed E-state index contributed by atoms with van der Waals surface area (Å²) in [6, 6.07) is 48.6. The number of fused-ring (bicyclic) bond motifs is 5.